The predicted octanol–water partition coefficient (Wildman–Crippen LogP) is 5.65. The van der Waals surface area contributed by atoms with E-state index in [1.807, 2.05) is 55.5 Å². The Morgan fingerprint density at radius 2 is 1.89 bits per heavy atom. The third-order valence-electron chi connectivity index (χ3n) is 5.36. The van der Waals surface area contributed by atoms with E-state index in [1.165, 1.54) is 0 Å². The first-order valence-electron chi connectivity index (χ1n) is 9.80. The highest BCUT2D eigenvalue weighted by atomic mass is 35.5. The molecule has 4 rings (SSSR count). The number of amides is 1. The largest absolute Gasteiger partial charge is 0.357 e. The van der Waals surface area contributed by atoms with Gasteiger partial charge in [0.2, 0.25) is 5.91 Å². The molecule has 2 aromatic carbocycles. The zero-order chi connectivity index (χ0) is 19.7. The fourth-order valence-electron chi connectivity index (χ4n) is 4.10. The van der Waals surface area contributed by atoms with Crippen LogP contribution >= 0.6 is 11.6 Å². The van der Waals surface area contributed by atoms with Gasteiger partial charge in [0.1, 0.15) is 0 Å². The molecule has 1 heterocycles. The first-order valence-corrected chi connectivity index (χ1v) is 10.2. The molecule has 0 unspecified atom stereocenters. The molecule has 144 valence electrons. The number of rotatable bonds is 3. The lowest BCUT2D eigenvalue weighted by Crippen LogP contribution is -2.37. The number of Topliss-reactive ketones (excluding diaryl/α,β-unsaturated/α-hetero) is 1. The number of hydrogen-bond donors (Lipinski definition) is 1. The summed E-state index contributed by atoms with van der Waals surface area (Å²) in [5, 5.41) is 4.10. The Balaban J connectivity index is 1.97. The highest BCUT2D eigenvalue weighted by Crippen LogP contribution is 2.45. The molecule has 1 aliphatic carbocycles. The maximum Gasteiger partial charge on any atom is 0.227 e. The van der Waals surface area contributed by atoms with Gasteiger partial charge in [-0.1, -0.05) is 42.8 Å². The van der Waals surface area contributed by atoms with Crippen LogP contribution in [-0.4, -0.2) is 11.7 Å². The molecule has 0 radical (unpaired) electrons. The lowest BCUT2D eigenvalue weighted by atomic mass is 9.85. The average Bonchev–Trinajstić information content (AvgIpc) is 2.84. The number of nitrogens with one attached hydrogen (secondary N) is 1. The van der Waals surface area contributed by atoms with E-state index in [9.17, 15) is 9.59 Å². The summed E-state index contributed by atoms with van der Waals surface area (Å²) in [5.41, 5.74) is 4.20. The third-order valence-corrected chi connectivity index (χ3v) is 5.61. The zero-order valence-corrected chi connectivity index (χ0v) is 16.6. The highest BCUT2D eigenvalue weighted by molar-refractivity contribution is 6.30. The number of anilines is 2. The first kappa shape index (κ1) is 18.8. The summed E-state index contributed by atoms with van der Waals surface area (Å²) in [6.07, 6.45) is 3.31. The van der Waals surface area contributed by atoms with Gasteiger partial charge in [-0.15, -0.1) is 0 Å². The molecule has 1 N–H and O–H groups in total. The molecular weight excluding hydrogens is 372 g/mol. The van der Waals surface area contributed by atoms with E-state index < -0.39 is 6.04 Å². The van der Waals surface area contributed by atoms with Crippen molar-refractivity contribution >= 4 is 34.7 Å². The molecule has 0 saturated carbocycles. The van der Waals surface area contributed by atoms with Crippen LogP contribution in [0.3, 0.4) is 0 Å². The molecule has 0 saturated heterocycles. The minimum absolute atomic E-state index is 0.0174. The summed E-state index contributed by atoms with van der Waals surface area (Å²) in [5.74, 6) is 0.125. The second-order valence-electron chi connectivity index (χ2n) is 7.28. The quantitative estimate of drug-likeness (QED) is 0.732. The molecule has 5 heteroatoms. The zero-order valence-electron chi connectivity index (χ0n) is 15.9. The van der Waals surface area contributed by atoms with Crippen molar-refractivity contribution in [3.8, 4) is 0 Å². The van der Waals surface area contributed by atoms with Gasteiger partial charge in [-0.3, -0.25) is 14.5 Å². The molecular formula is C23H23ClN2O2. The van der Waals surface area contributed by atoms with Crippen LogP contribution in [0.2, 0.25) is 5.02 Å². The van der Waals surface area contributed by atoms with Gasteiger partial charge in [0, 0.05) is 29.1 Å². The molecule has 0 fully saturated rings. The van der Waals surface area contributed by atoms with Crippen molar-refractivity contribution in [1.82, 2.24) is 0 Å². The summed E-state index contributed by atoms with van der Waals surface area (Å²) in [7, 11) is 0. The molecule has 0 bridgehead atoms. The fourth-order valence-corrected chi connectivity index (χ4v) is 4.23. The summed E-state index contributed by atoms with van der Waals surface area (Å²) >= 11 is 6.11. The number of allylic oxidation sites excluding steroid dienone is 1. The minimum Gasteiger partial charge on any atom is -0.357 e. The molecule has 0 spiro atoms. The van der Waals surface area contributed by atoms with Crippen molar-refractivity contribution in [1.29, 1.82) is 0 Å². The van der Waals surface area contributed by atoms with Crippen molar-refractivity contribution in [2.75, 3.05) is 10.2 Å². The van der Waals surface area contributed by atoms with E-state index in [2.05, 4.69) is 5.32 Å². The van der Waals surface area contributed by atoms with Crippen LogP contribution in [0, 0.1) is 0 Å². The number of carbonyl (C=O) groups is 2. The van der Waals surface area contributed by atoms with Gasteiger partial charge >= 0.3 is 0 Å². The van der Waals surface area contributed by atoms with Gasteiger partial charge in [0.25, 0.3) is 0 Å². The van der Waals surface area contributed by atoms with Gasteiger partial charge in [0.15, 0.2) is 5.78 Å². The normalized spacial score (nSPS) is 18.9. The van der Waals surface area contributed by atoms with Crippen molar-refractivity contribution in [2.45, 2.75) is 45.1 Å². The van der Waals surface area contributed by atoms with Gasteiger partial charge < -0.3 is 5.32 Å². The van der Waals surface area contributed by atoms with Gasteiger partial charge in [-0.2, -0.15) is 0 Å². The second kappa shape index (κ2) is 7.80. The number of carbonyl (C=O) groups excluding carboxylic acids is 2. The van der Waals surface area contributed by atoms with Crippen LogP contribution in [0.5, 0.6) is 0 Å². The van der Waals surface area contributed by atoms with Crippen molar-refractivity contribution in [3.63, 3.8) is 0 Å². The molecule has 4 nitrogen and oxygen atoms in total. The molecule has 2 aromatic rings. The van der Waals surface area contributed by atoms with E-state index in [-0.39, 0.29) is 11.7 Å². The van der Waals surface area contributed by atoms with Crippen LogP contribution < -0.4 is 10.2 Å². The minimum atomic E-state index is -0.449. The van der Waals surface area contributed by atoms with Crippen molar-refractivity contribution in [2.24, 2.45) is 0 Å². The Hall–Kier alpha value is -2.59. The van der Waals surface area contributed by atoms with Crippen molar-refractivity contribution < 1.29 is 9.59 Å². The average molecular weight is 395 g/mol. The Morgan fingerprint density at radius 3 is 2.64 bits per heavy atom. The Kier molecular flexibility index (Phi) is 5.23. The third kappa shape index (κ3) is 3.33. The SMILES string of the molecule is CCCC(=O)N1c2ccccc2NC2=C(C(=O)CCC2)[C@H]1c1ccc(Cl)cc1. The van der Waals surface area contributed by atoms with Crippen LogP contribution in [0.15, 0.2) is 59.8 Å². The lowest BCUT2D eigenvalue weighted by molar-refractivity contribution is -0.119. The topological polar surface area (TPSA) is 49.4 Å². The first-order chi connectivity index (χ1) is 13.6. The van der Waals surface area contributed by atoms with E-state index in [0.717, 1.165) is 41.9 Å². The maximum atomic E-state index is 13.3. The Labute approximate surface area is 170 Å². The predicted molar refractivity (Wildman–Crippen MR) is 113 cm³/mol. The Bertz CT molecular complexity index is 949. The molecule has 1 atom stereocenters. The highest BCUT2D eigenvalue weighted by Gasteiger charge is 2.38. The van der Waals surface area contributed by atoms with Gasteiger partial charge in [-0.05, 0) is 49.1 Å². The maximum absolute atomic E-state index is 13.3. The summed E-state index contributed by atoms with van der Waals surface area (Å²) in [6.45, 7) is 1.99. The smallest absolute Gasteiger partial charge is 0.227 e. The van der Waals surface area contributed by atoms with Gasteiger partial charge in [-0.25, -0.2) is 0 Å². The number of fused-ring (bicyclic) bond motifs is 1. The van der Waals surface area contributed by atoms with Crippen LogP contribution in [0.1, 0.15) is 50.6 Å². The number of hydrogen-bond acceptors (Lipinski definition) is 3. The molecule has 0 aromatic heterocycles. The fraction of sp³-hybridized carbons (Fsp3) is 0.304. The van der Waals surface area contributed by atoms with Crippen LogP contribution in [0.4, 0.5) is 11.4 Å². The van der Waals surface area contributed by atoms with E-state index in [1.54, 1.807) is 4.90 Å². The van der Waals surface area contributed by atoms with E-state index in [4.69, 9.17) is 11.6 Å². The summed E-state index contributed by atoms with van der Waals surface area (Å²) in [6, 6.07) is 14.8. The molecule has 1 aliphatic heterocycles. The number of para-hydroxylation sites is 2. The molecule has 2 aliphatic rings. The van der Waals surface area contributed by atoms with Crippen molar-refractivity contribution in [3.05, 3.63) is 70.4 Å². The van der Waals surface area contributed by atoms with E-state index in [0.29, 0.717) is 23.4 Å². The number of benzene rings is 2. The number of ketones is 1. The van der Waals surface area contributed by atoms with Crippen LogP contribution in [-0.2, 0) is 9.59 Å². The standard InChI is InChI=1S/C23H23ClN2O2/c1-2-6-21(28)26-19-9-4-3-7-17(19)25-18-8-5-10-20(27)22(18)23(26)15-11-13-16(24)14-12-15/h3-4,7,9,11-14,23,25H,2,5-6,8,10H2,1H3/t23-/m1/s1. The summed E-state index contributed by atoms with van der Waals surface area (Å²) < 4.78 is 0. The second-order valence-corrected chi connectivity index (χ2v) is 7.72. The summed E-state index contributed by atoms with van der Waals surface area (Å²) in [4.78, 5) is 28.1. The van der Waals surface area contributed by atoms with Crippen LogP contribution in [0.25, 0.3) is 0 Å². The molecule has 28 heavy (non-hydrogen) atoms. The number of nitrogens with zero attached hydrogens (tertiary/aromatic N) is 1. The Morgan fingerprint density at radius 1 is 1.14 bits per heavy atom. The lowest BCUT2D eigenvalue weighted by Gasteiger charge is -2.34. The van der Waals surface area contributed by atoms with Gasteiger partial charge in [0.05, 0.1) is 17.4 Å². The number of halogens is 1. The van der Waals surface area contributed by atoms with E-state index >= 15 is 0 Å². The molecule has 1 amide bonds. The monoisotopic (exact) mass is 394 g/mol.